The van der Waals surface area contributed by atoms with E-state index in [2.05, 4.69) is 10.8 Å². The molecule has 2 saturated carbocycles. The number of unbranched alkanes of at least 4 members (excludes halogenated alkanes) is 1. The minimum absolute atomic E-state index is 0.0559. The highest BCUT2D eigenvalue weighted by atomic mass is 32.2. The van der Waals surface area contributed by atoms with Crippen molar-refractivity contribution in [3.05, 3.63) is 42.5 Å². The van der Waals surface area contributed by atoms with Crippen molar-refractivity contribution < 1.29 is 18.3 Å². The molecule has 3 rings (SSSR count). The van der Waals surface area contributed by atoms with E-state index in [9.17, 15) is 13.2 Å². The Morgan fingerprint density at radius 2 is 1.92 bits per heavy atom. The van der Waals surface area contributed by atoms with Gasteiger partial charge in [0.05, 0.1) is 4.90 Å². The molecule has 0 amide bonds. The van der Waals surface area contributed by atoms with Gasteiger partial charge >= 0.3 is 5.97 Å². The van der Waals surface area contributed by atoms with Crippen LogP contribution in [0.2, 0.25) is 0 Å². The number of benzene rings is 1. The average Bonchev–Trinajstić information content (AvgIpc) is 3.17. The smallest absolute Gasteiger partial charge is 0.303 e. The summed E-state index contributed by atoms with van der Waals surface area (Å²) in [5, 5.41) is 8.69. The summed E-state index contributed by atoms with van der Waals surface area (Å²) in [7, 11) is -3.51. The van der Waals surface area contributed by atoms with E-state index in [-0.39, 0.29) is 18.4 Å². The zero-order valence-electron chi connectivity index (χ0n) is 14.2. The van der Waals surface area contributed by atoms with Crippen LogP contribution in [0.15, 0.2) is 47.4 Å². The fourth-order valence-corrected chi connectivity index (χ4v) is 5.62. The molecule has 136 valence electrons. The largest absolute Gasteiger partial charge is 0.481 e. The van der Waals surface area contributed by atoms with Crippen molar-refractivity contribution in [3.8, 4) is 0 Å². The van der Waals surface area contributed by atoms with Gasteiger partial charge in [-0.1, -0.05) is 30.4 Å². The van der Waals surface area contributed by atoms with Crippen molar-refractivity contribution in [3.63, 3.8) is 0 Å². The van der Waals surface area contributed by atoms with E-state index in [0.717, 1.165) is 25.7 Å². The molecule has 25 heavy (non-hydrogen) atoms. The number of sulfonamides is 1. The van der Waals surface area contributed by atoms with Gasteiger partial charge in [0.2, 0.25) is 10.0 Å². The van der Waals surface area contributed by atoms with Crippen LogP contribution in [0.4, 0.5) is 0 Å². The maximum Gasteiger partial charge on any atom is 0.303 e. The third-order valence-electron chi connectivity index (χ3n) is 5.45. The minimum Gasteiger partial charge on any atom is -0.481 e. The number of hydrogen-bond donors (Lipinski definition) is 2. The first-order chi connectivity index (χ1) is 12.0. The zero-order valence-corrected chi connectivity index (χ0v) is 15.0. The Bertz CT molecular complexity index is 729. The summed E-state index contributed by atoms with van der Waals surface area (Å²) < 4.78 is 28.3. The summed E-state index contributed by atoms with van der Waals surface area (Å²) in [6.07, 6.45) is 8.96. The summed E-state index contributed by atoms with van der Waals surface area (Å²) in [6, 6.07) is 8.45. The van der Waals surface area contributed by atoms with Crippen molar-refractivity contribution in [2.45, 2.75) is 49.5 Å². The Labute approximate surface area is 149 Å². The first kappa shape index (κ1) is 18.1. The number of allylic oxidation sites excluding steroid dienone is 1. The van der Waals surface area contributed by atoms with Crippen LogP contribution in [-0.4, -0.2) is 25.5 Å². The number of hydrogen-bond acceptors (Lipinski definition) is 3. The van der Waals surface area contributed by atoms with Crippen LogP contribution in [0.3, 0.4) is 0 Å². The third-order valence-corrected chi connectivity index (χ3v) is 6.92. The van der Waals surface area contributed by atoms with Crippen LogP contribution >= 0.6 is 0 Å². The standard InChI is InChI=1S/C19H25NO4S/c21-18(22)10-6-2-5-9-17-14-11-12-15(13-14)19(17)20-25(23,24)16-7-3-1-4-8-16/h1,3-5,7-9,14-15,17,19-20H,2,6,10-13H2,(H,21,22)/b9-5+/t14-,15+,17+,19+/m1/s1. The topological polar surface area (TPSA) is 83.5 Å². The Hall–Kier alpha value is -1.66. The van der Waals surface area contributed by atoms with Crippen LogP contribution in [0, 0.1) is 17.8 Å². The number of rotatable bonds is 8. The summed E-state index contributed by atoms with van der Waals surface area (Å²) in [4.78, 5) is 10.9. The van der Waals surface area contributed by atoms with E-state index < -0.39 is 16.0 Å². The maximum absolute atomic E-state index is 12.7. The molecule has 2 N–H and O–H groups in total. The molecule has 4 atom stereocenters. The lowest BCUT2D eigenvalue weighted by molar-refractivity contribution is -0.137. The molecule has 5 nitrogen and oxygen atoms in total. The number of fused-ring (bicyclic) bond motifs is 2. The highest BCUT2D eigenvalue weighted by molar-refractivity contribution is 7.89. The van der Waals surface area contributed by atoms with Crippen LogP contribution < -0.4 is 4.72 Å². The third kappa shape index (κ3) is 4.30. The van der Waals surface area contributed by atoms with Gasteiger partial charge in [-0.05, 0) is 62.0 Å². The van der Waals surface area contributed by atoms with Gasteiger partial charge in [0.15, 0.2) is 0 Å². The number of aliphatic carboxylic acids is 1. The van der Waals surface area contributed by atoms with E-state index in [1.54, 1.807) is 30.3 Å². The van der Waals surface area contributed by atoms with E-state index in [0.29, 0.717) is 23.2 Å². The number of carboxylic acids is 1. The summed E-state index contributed by atoms with van der Waals surface area (Å²) in [5.74, 6) is 0.366. The van der Waals surface area contributed by atoms with Gasteiger partial charge < -0.3 is 5.11 Å². The monoisotopic (exact) mass is 363 g/mol. The summed E-state index contributed by atoms with van der Waals surface area (Å²) in [5.41, 5.74) is 0. The lowest BCUT2D eigenvalue weighted by Gasteiger charge is -2.29. The van der Waals surface area contributed by atoms with Crippen molar-refractivity contribution in [1.29, 1.82) is 0 Å². The molecule has 2 aliphatic rings. The Morgan fingerprint density at radius 1 is 1.20 bits per heavy atom. The summed E-state index contributed by atoms with van der Waals surface area (Å²) in [6.45, 7) is 0. The van der Waals surface area contributed by atoms with Gasteiger partial charge in [0, 0.05) is 12.5 Å². The Morgan fingerprint density at radius 3 is 2.64 bits per heavy atom. The number of nitrogens with one attached hydrogen (secondary N) is 1. The van der Waals surface area contributed by atoms with E-state index in [1.807, 2.05) is 6.08 Å². The first-order valence-electron chi connectivity index (χ1n) is 8.93. The van der Waals surface area contributed by atoms with Crippen molar-refractivity contribution in [1.82, 2.24) is 4.72 Å². The minimum atomic E-state index is -3.51. The molecule has 0 saturated heterocycles. The molecule has 6 heteroatoms. The lowest BCUT2D eigenvalue weighted by atomic mass is 9.84. The molecular formula is C19H25NO4S. The Balaban J connectivity index is 1.66. The fraction of sp³-hybridized carbons (Fsp3) is 0.526. The van der Waals surface area contributed by atoms with Crippen LogP contribution in [0.25, 0.3) is 0 Å². The van der Waals surface area contributed by atoms with Gasteiger partial charge in [-0.25, -0.2) is 13.1 Å². The molecule has 1 aromatic carbocycles. The molecule has 0 aromatic heterocycles. The highest BCUT2D eigenvalue weighted by Crippen LogP contribution is 2.49. The van der Waals surface area contributed by atoms with E-state index in [4.69, 9.17) is 5.11 Å². The maximum atomic E-state index is 12.7. The van der Waals surface area contributed by atoms with Gasteiger partial charge in [-0.15, -0.1) is 0 Å². The SMILES string of the molecule is O=C(O)CCC/C=C/[C@H]1[C@@H]2CC[C@@H](C2)[C@@H]1NS(=O)(=O)c1ccccc1. The second-order valence-electron chi connectivity index (χ2n) is 7.08. The van der Waals surface area contributed by atoms with Gasteiger partial charge in [-0.3, -0.25) is 4.79 Å². The molecule has 2 aliphatic carbocycles. The molecular weight excluding hydrogens is 338 g/mol. The Kier molecular flexibility index (Phi) is 5.59. The molecule has 0 heterocycles. The van der Waals surface area contributed by atoms with Crippen LogP contribution in [0.1, 0.15) is 38.5 Å². The molecule has 2 bridgehead atoms. The predicted molar refractivity (Wildman–Crippen MR) is 95.5 cm³/mol. The fourth-order valence-electron chi connectivity index (χ4n) is 4.26. The van der Waals surface area contributed by atoms with Gasteiger partial charge in [0.1, 0.15) is 0 Å². The highest BCUT2D eigenvalue weighted by Gasteiger charge is 2.47. The molecule has 2 fully saturated rings. The van der Waals surface area contributed by atoms with Crippen LogP contribution in [0.5, 0.6) is 0 Å². The van der Waals surface area contributed by atoms with Crippen LogP contribution in [-0.2, 0) is 14.8 Å². The van der Waals surface area contributed by atoms with Gasteiger partial charge in [0.25, 0.3) is 0 Å². The predicted octanol–water partition coefficient (Wildman–Crippen LogP) is 3.19. The second-order valence-corrected chi connectivity index (χ2v) is 8.80. The zero-order chi connectivity index (χ0) is 17.9. The van der Waals surface area contributed by atoms with Gasteiger partial charge in [-0.2, -0.15) is 0 Å². The summed E-state index contributed by atoms with van der Waals surface area (Å²) >= 11 is 0. The molecule has 0 spiro atoms. The van der Waals surface area contributed by atoms with Crippen molar-refractivity contribution in [2.24, 2.45) is 17.8 Å². The molecule has 0 aliphatic heterocycles. The molecule has 1 aromatic rings. The second kappa shape index (κ2) is 7.70. The van der Waals surface area contributed by atoms with E-state index >= 15 is 0 Å². The van der Waals surface area contributed by atoms with E-state index in [1.165, 1.54) is 0 Å². The first-order valence-corrected chi connectivity index (χ1v) is 10.4. The average molecular weight is 363 g/mol. The number of carboxylic acid groups (broad SMARTS) is 1. The molecule has 0 radical (unpaired) electrons. The number of carbonyl (C=O) groups is 1. The van der Waals surface area contributed by atoms with Crippen molar-refractivity contribution in [2.75, 3.05) is 0 Å². The normalized spacial score (nSPS) is 28.6. The quantitative estimate of drug-likeness (QED) is 0.549. The van der Waals surface area contributed by atoms with Crippen molar-refractivity contribution >= 4 is 16.0 Å². The lowest BCUT2D eigenvalue weighted by Crippen LogP contribution is -2.43. The molecule has 0 unspecified atom stereocenters.